The van der Waals surface area contributed by atoms with Crippen molar-refractivity contribution in [3.63, 3.8) is 0 Å². The van der Waals surface area contributed by atoms with Crippen molar-refractivity contribution in [2.24, 2.45) is 5.73 Å². The molecule has 0 radical (unpaired) electrons. The van der Waals surface area contributed by atoms with Crippen LogP contribution in [0.4, 0.5) is 0 Å². The largest absolute Gasteiger partial charge is 0.497 e. The van der Waals surface area contributed by atoms with E-state index in [0.29, 0.717) is 6.54 Å². The van der Waals surface area contributed by atoms with Crippen LogP contribution in [0.25, 0.3) is 0 Å². The summed E-state index contributed by atoms with van der Waals surface area (Å²) in [6.07, 6.45) is 1.43. The van der Waals surface area contributed by atoms with Gasteiger partial charge in [0.15, 0.2) is 0 Å². The van der Waals surface area contributed by atoms with Crippen LogP contribution >= 0.6 is 12.4 Å². The van der Waals surface area contributed by atoms with Gasteiger partial charge < -0.3 is 20.5 Å². The van der Waals surface area contributed by atoms with Crippen molar-refractivity contribution in [3.05, 3.63) is 24.3 Å². The van der Waals surface area contributed by atoms with Crippen molar-refractivity contribution in [1.82, 2.24) is 5.32 Å². The molecule has 3 N–H and O–H groups in total. The highest BCUT2D eigenvalue weighted by Gasteiger charge is 2.45. The fourth-order valence-electron chi connectivity index (χ4n) is 1.70. The minimum Gasteiger partial charge on any atom is -0.497 e. The van der Waals surface area contributed by atoms with Gasteiger partial charge in [-0.15, -0.1) is 12.4 Å². The van der Waals surface area contributed by atoms with Crippen LogP contribution in [-0.2, 0) is 4.79 Å². The molecule has 20 heavy (non-hydrogen) atoms. The van der Waals surface area contributed by atoms with Crippen LogP contribution < -0.4 is 20.5 Å². The summed E-state index contributed by atoms with van der Waals surface area (Å²) < 4.78 is 10.8. The second-order valence-corrected chi connectivity index (χ2v) is 4.97. The summed E-state index contributed by atoms with van der Waals surface area (Å²) in [6.45, 7) is 2.35. The highest BCUT2D eigenvalue weighted by molar-refractivity contribution is 5.88. The van der Waals surface area contributed by atoms with Gasteiger partial charge in [-0.2, -0.15) is 0 Å². The first-order valence-corrected chi connectivity index (χ1v) is 6.41. The smallest absolute Gasteiger partial charge is 0.240 e. The molecule has 1 aliphatic rings. The fourth-order valence-corrected chi connectivity index (χ4v) is 1.70. The van der Waals surface area contributed by atoms with Gasteiger partial charge in [-0.3, -0.25) is 4.79 Å². The number of nitrogens with one attached hydrogen (secondary N) is 1. The van der Waals surface area contributed by atoms with Gasteiger partial charge in [0.2, 0.25) is 5.91 Å². The third-order valence-corrected chi connectivity index (χ3v) is 3.19. The van der Waals surface area contributed by atoms with Crippen LogP contribution in [0.1, 0.15) is 19.8 Å². The van der Waals surface area contributed by atoms with Crippen molar-refractivity contribution in [1.29, 1.82) is 0 Å². The molecule has 0 bridgehead atoms. The van der Waals surface area contributed by atoms with Gasteiger partial charge in [-0.1, -0.05) is 0 Å². The maximum Gasteiger partial charge on any atom is 0.240 e. The number of ether oxygens (including phenoxy) is 2. The van der Waals surface area contributed by atoms with Crippen LogP contribution in [0.3, 0.4) is 0 Å². The summed E-state index contributed by atoms with van der Waals surface area (Å²) in [6, 6.07) is 7.34. The number of amides is 1. The Kier molecular flexibility index (Phi) is 5.65. The predicted octanol–water partition coefficient (Wildman–Crippen LogP) is 1.49. The Morgan fingerprint density at radius 1 is 1.35 bits per heavy atom. The van der Waals surface area contributed by atoms with Crippen LogP contribution in [0.5, 0.6) is 11.5 Å². The molecule has 1 atom stereocenters. The lowest BCUT2D eigenvalue weighted by Crippen LogP contribution is -2.45. The minimum atomic E-state index is -0.625. The molecule has 1 unspecified atom stereocenters. The van der Waals surface area contributed by atoms with Crippen LogP contribution in [0.2, 0.25) is 0 Å². The van der Waals surface area contributed by atoms with Crippen LogP contribution in [0, 0.1) is 0 Å². The van der Waals surface area contributed by atoms with Gasteiger partial charge in [0.1, 0.15) is 17.6 Å². The molecule has 0 aliphatic heterocycles. The van der Waals surface area contributed by atoms with Gasteiger partial charge in [0, 0.05) is 0 Å². The second kappa shape index (κ2) is 6.81. The Labute approximate surface area is 125 Å². The van der Waals surface area contributed by atoms with E-state index in [1.807, 2.05) is 31.2 Å². The molecule has 2 rings (SSSR count). The average molecular weight is 301 g/mol. The Bertz CT molecular complexity index is 446. The number of methoxy groups -OCH3 is 1. The lowest BCUT2D eigenvalue weighted by molar-refractivity contribution is -0.123. The molecular formula is C14H21ClN2O3. The zero-order valence-electron chi connectivity index (χ0n) is 11.7. The Morgan fingerprint density at radius 3 is 2.40 bits per heavy atom. The maximum atomic E-state index is 11.7. The van der Waals surface area contributed by atoms with E-state index in [0.717, 1.165) is 24.3 Å². The minimum absolute atomic E-state index is 0. The fraction of sp³-hybridized carbons (Fsp3) is 0.500. The lowest BCUT2D eigenvalue weighted by Gasteiger charge is -2.17. The number of hydrogen-bond acceptors (Lipinski definition) is 4. The summed E-state index contributed by atoms with van der Waals surface area (Å²) in [4.78, 5) is 11.7. The van der Waals surface area contributed by atoms with E-state index in [1.165, 1.54) is 0 Å². The molecule has 1 aliphatic carbocycles. The second-order valence-electron chi connectivity index (χ2n) is 4.97. The summed E-state index contributed by atoms with van der Waals surface area (Å²) in [5, 5.41) is 2.81. The molecule has 1 aromatic carbocycles. The van der Waals surface area contributed by atoms with Gasteiger partial charge in [-0.25, -0.2) is 0 Å². The molecule has 0 aromatic heterocycles. The molecule has 5 nitrogen and oxygen atoms in total. The van der Waals surface area contributed by atoms with Crippen molar-refractivity contribution in [2.75, 3.05) is 13.7 Å². The normalized spacial score (nSPS) is 16.6. The van der Waals surface area contributed by atoms with Crippen LogP contribution in [-0.4, -0.2) is 31.2 Å². The van der Waals surface area contributed by atoms with Gasteiger partial charge in [-0.05, 0) is 44.0 Å². The zero-order valence-corrected chi connectivity index (χ0v) is 12.5. The molecule has 0 saturated heterocycles. The first kappa shape index (κ1) is 16.6. The molecular weight excluding hydrogens is 280 g/mol. The van der Waals surface area contributed by atoms with E-state index < -0.39 is 5.54 Å². The van der Waals surface area contributed by atoms with Crippen LogP contribution in [0.15, 0.2) is 24.3 Å². The summed E-state index contributed by atoms with van der Waals surface area (Å²) in [7, 11) is 1.62. The molecule has 112 valence electrons. The van der Waals surface area contributed by atoms with Crippen molar-refractivity contribution in [3.8, 4) is 11.5 Å². The first-order valence-electron chi connectivity index (χ1n) is 6.41. The Hall–Kier alpha value is -1.46. The summed E-state index contributed by atoms with van der Waals surface area (Å²) >= 11 is 0. The number of hydrogen-bond donors (Lipinski definition) is 2. The number of halogens is 1. The maximum absolute atomic E-state index is 11.7. The number of benzene rings is 1. The standard InChI is InChI=1S/C14H20N2O3.ClH/c1-10(9-16-13(17)14(15)7-8-14)19-12-5-3-11(18-2)4-6-12;/h3-6,10H,7-9,15H2,1-2H3,(H,16,17);1H. The van der Waals surface area contributed by atoms with Gasteiger partial charge >= 0.3 is 0 Å². The molecule has 0 spiro atoms. The van der Waals surface area contributed by atoms with E-state index in [9.17, 15) is 4.79 Å². The third-order valence-electron chi connectivity index (χ3n) is 3.19. The van der Waals surface area contributed by atoms with E-state index in [1.54, 1.807) is 7.11 Å². The summed E-state index contributed by atoms with van der Waals surface area (Å²) in [5.41, 5.74) is 5.17. The molecule has 1 fully saturated rings. The first-order chi connectivity index (χ1) is 9.03. The van der Waals surface area contributed by atoms with Gasteiger partial charge in [0.25, 0.3) is 0 Å². The number of rotatable bonds is 6. The SMILES string of the molecule is COc1ccc(OC(C)CNC(=O)C2(N)CC2)cc1.Cl. The van der Waals surface area contributed by atoms with Gasteiger partial charge in [0.05, 0.1) is 19.2 Å². The number of carbonyl (C=O) groups is 1. The molecule has 6 heteroatoms. The molecule has 0 heterocycles. The quantitative estimate of drug-likeness (QED) is 0.835. The highest BCUT2D eigenvalue weighted by atomic mass is 35.5. The highest BCUT2D eigenvalue weighted by Crippen LogP contribution is 2.32. The summed E-state index contributed by atoms with van der Waals surface area (Å²) in [5.74, 6) is 1.45. The third kappa shape index (κ3) is 4.28. The van der Waals surface area contributed by atoms with Crippen molar-refractivity contribution >= 4 is 18.3 Å². The molecule has 1 amide bonds. The molecule has 1 aromatic rings. The monoisotopic (exact) mass is 300 g/mol. The zero-order chi connectivity index (χ0) is 13.9. The van der Waals surface area contributed by atoms with E-state index in [4.69, 9.17) is 15.2 Å². The van der Waals surface area contributed by atoms with E-state index in [-0.39, 0.29) is 24.4 Å². The topological polar surface area (TPSA) is 73.6 Å². The van der Waals surface area contributed by atoms with E-state index >= 15 is 0 Å². The van der Waals surface area contributed by atoms with E-state index in [2.05, 4.69) is 5.32 Å². The Morgan fingerprint density at radius 2 is 1.90 bits per heavy atom. The lowest BCUT2D eigenvalue weighted by atomic mass is 10.2. The molecule has 1 saturated carbocycles. The number of nitrogens with two attached hydrogens (primary N) is 1. The Balaban J connectivity index is 0.00000200. The van der Waals surface area contributed by atoms with Crippen molar-refractivity contribution in [2.45, 2.75) is 31.4 Å². The number of carbonyl (C=O) groups excluding carboxylic acids is 1. The van der Waals surface area contributed by atoms with Crippen molar-refractivity contribution < 1.29 is 14.3 Å². The predicted molar refractivity (Wildman–Crippen MR) is 79.5 cm³/mol. The average Bonchev–Trinajstić information content (AvgIpc) is 3.16.